The van der Waals surface area contributed by atoms with Crippen molar-refractivity contribution in [1.29, 1.82) is 0 Å². The molecule has 1 heterocycles. The van der Waals surface area contributed by atoms with Gasteiger partial charge < -0.3 is 4.90 Å². The van der Waals surface area contributed by atoms with Gasteiger partial charge in [-0.05, 0) is 42.5 Å². The molecule has 0 atom stereocenters. The van der Waals surface area contributed by atoms with Crippen molar-refractivity contribution in [2.24, 2.45) is 0 Å². The lowest BCUT2D eigenvalue weighted by atomic mass is 9.89. The van der Waals surface area contributed by atoms with Crippen molar-refractivity contribution in [2.45, 2.75) is 18.8 Å². The highest BCUT2D eigenvalue weighted by Gasteiger charge is 2.24. The quantitative estimate of drug-likeness (QED) is 0.913. The molecule has 0 unspecified atom stereocenters. The highest BCUT2D eigenvalue weighted by molar-refractivity contribution is 7.92. The second-order valence-corrected chi connectivity index (χ2v) is 8.18. The summed E-state index contributed by atoms with van der Waals surface area (Å²) in [4.78, 5) is 14.6. The summed E-state index contributed by atoms with van der Waals surface area (Å²) < 4.78 is 25.1. The number of carbonyl (C=O) groups is 1. The van der Waals surface area contributed by atoms with Crippen LogP contribution in [0.1, 0.15) is 34.7 Å². The van der Waals surface area contributed by atoms with Gasteiger partial charge in [0.25, 0.3) is 5.91 Å². The molecule has 0 saturated carbocycles. The van der Waals surface area contributed by atoms with Crippen LogP contribution in [0, 0.1) is 0 Å². The normalized spacial score (nSPS) is 15.8. The Hall–Kier alpha value is -2.34. The number of carbonyl (C=O) groups excluding carboxylic acids is 1. The number of nitrogens with one attached hydrogen (secondary N) is 1. The molecule has 2 aromatic carbocycles. The number of piperidine rings is 1. The Kier molecular flexibility index (Phi) is 5.08. The molecule has 1 fully saturated rings. The summed E-state index contributed by atoms with van der Waals surface area (Å²) >= 11 is 0. The maximum absolute atomic E-state index is 12.7. The van der Waals surface area contributed by atoms with E-state index in [0.29, 0.717) is 30.3 Å². The Labute approximate surface area is 148 Å². The summed E-state index contributed by atoms with van der Waals surface area (Å²) in [6, 6.07) is 17.0. The molecular formula is C19H22N2O3S. The van der Waals surface area contributed by atoms with E-state index in [-0.39, 0.29) is 5.91 Å². The summed E-state index contributed by atoms with van der Waals surface area (Å²) in [5, 5.41) is 0. The van der Waals surface area contributed by atoms with Crippen LogP contribution in [-0.2, 0) is 10.0 Å². The number of hydrogen-bond acceptors (Lipinski definition) is 3. The third-order valence-corrected chi connectivity index (χ3v) is 5.07. The molecule has 132 valence electrons. The van der Waals surface area contributed by atoms with E-state index in [0.717, 1.165) is 19.1 Å². The number of anilines is 1. The molecular weight excluding hydrogens is 336 g/mol. The molecule has 6 heteroatoms. The molecule has 2 aromatic rings. The largest absolute Gasteiger partial charge is 0.339 e. The molecule has 1 amide bonds. The lowest BCUT2D eigenvalue weighted by molar-refractivity contribution is 0.0713. The molecule has 1 aliphatic heterocycles. The van der Waals surface area contributed by atoms with Crippen molar-refractivity contribution in [1.82, 2.24) is 4.90 Å². The Morgan fingerprint density at radius 1 is 1.04 bits per heavy atom. The number of sulfonamides is 1. The van der Waals surface area contributed by atoms with Crippen LogP contribution in [0.5, 0.6) is 0 Å². The topological polar surface area (TPSA) is 66.5 Å². The van der Waals surface area contributed by atoms with Crippen molar-refractivity contribution < 1.29 is 13.2 Å². The second-order valence-electron chi connectivity index (χ2n) is 6.43. The van der Waals surface area contributed by atoms with Crippen LogP contribution >= 0.6 is 0 Å². The molecule has 25 heavy (non-hydrogen) atoms. The van der Waals surface area contributed by atoms with E-state index < -0.39 is 10.0 Å². The lowest BCUT2D eigenvalue weighted by Gasteiger charge is -2.32. The molecule has 0 aromatic heterocycles. The second kappa shape index (κ2) is 7.27. The summed E-state index contributed by atoms with van der Waals surface area (Å²) in [7, 11) is -3.36. The van der Waals surface area contributed by atoms with Crippen LogP contribution in [0.4, 0.5) is 5.69 Å². The molecule has 1 N–H and O–H groups in total. The smallest absolute Gasteiger partial charge is 0.253 e. The monoisotopic (exact) mass is 358 g/mol. The molecule has 5 nitrogen and oxygen atoms in total. The Morgan fingerprint density at radius 2 is 1.72 bits per heavy atom. The zero-order valence-corrected chi connectivity index (χ0v) is 15.0. The third kappa shape index (κ3) is 4.60. The van der Waals surface area contributed by atoms with Gasteiger partial charge in [-0.25, -0.2) is 8.42 Å². The van der Waals surface area contributed by atoms with E-state index in [4.69, 9.17) is 0 Å². The van der Waals surface area contributed by atoms with Gasteiger partial charge in [0, 0.05) is 24.3 Å². The van der Waals surface area contributed by atoms with Crippen molar-refractivity contribution in [3.05, 3.63) is 65.7 Å². The summed E-state index contributed by atoms with van der Waals surface area (Å²) in [6.07, 6.45) is 2.98. The fraction of sp³-hybridized carbons (Fsp3) is 0.316. The lowest BCUT2D eigenvalue weighted by Crippen LogP contribution is -2.37. The fourth-order valence-corrected chi connectivity index (χ4v) is 3.81. The average molecular weight is 358 g/mol. The van der Waals surface area contributed by atoms with E-state index in [1.54, 1.807) is 24.3 Å². The van der Waals surface area contributed by atoms with Crippen molar-refractivity contribution in [2.75, 3.05) is 24.1 Å². The average Bonchev–Trinajstić information content (AvgIpc) is 2.61. The maximum Gasteiger partial charge on any atom is 0.253 e. The number of amides is 1. The molecule has 3 rings (SSSR count). The van der Waals surface area contributed by atoms with Crippen molar-refractivity contribution >= 4 is 21.6 Å². The van der Waals surface area contributed by atoms with Gasteiger partial charge in [0.2, 0.25) is 10.0 Å². The van der Waals surface area contributed by atoms with E-state index in [9.17, 15) is 13.2 Å². The first-order valence-corrected chi connectivity index (χ1v) is 10.2. The number of rotatable bonds is 4. The maximum atomic E-state index is 12.7. The van der Waals surface area contributed by atoms with Crippen LogP contribution in [0.15, 0.2) is 54.6 Å². The van der Waals surface area contributed by atoms with Gasteiger partial charge >= 0.3 is 0 Å². The van der Waals surface area contributed by atoms with Gasteiger partial charge in [-0.15, -0.1) is 0 Å². The van der Waals surface area contributed by atoms with Crippen molar-refractivity contribution in [3.63, 3.8) is 0 Å². The molecule has 1 saturated heterocycles. The van der Waals surface area contributed by atoms with Gasteiger partial charge in [-0.1, -0.05) is 36.4 Å². The van der Waals surface area contributed by atoms with Crippen molar-refractivity contribution in [3.8, 4) is 0 Å². The van der Waals surface area contributed by atoms with E-state index in [1.165, 1.54) is 5.56 Å². The van der Waals surface area contributed by atoms with Gasteiger partial charge in [0.05, 0.1) is 6.26 Å². The number of hydrogen-bond donors (Lipinski definition) is 1. The first-order valence-electron chi connectivity index (χ1n) is 8.34. The molecule has 0 radical (unpaired) electrons. The summed E-state index contributed by atoms with van der Waals surface area (Å²) in [5.74, 6) is 0.437. The predicted molar refractivity (Wildman–Crippen MR) is 99.2 cm³/mol. The van der Waals surface area contributed by atoms with Gasteiger partial charge in [0.1, 0.15) is 0 Å². The van der Waals surface area contributed by atoms with Crippen LogP contribution in [0.2, 0.25) is 0 Å². The van der Waals surface area contributed by atoms with Gasteiger partial charge in [-0.3, -0.25) is 9.52 Å². The fourth-order valence-electron chi connectivity index (χ4n) is 3.25. The first-order chi connectivity index (χ1) is 11.9. The summed E-state index contributed by atoms with van der Waals surface area (Å²) in [6.45, 7) is 1.42. The first kappa shape index (κ1) is 17.5. The minimum Gasteiger partial charge on any atom is -0.339 e. The van der Waals surface area contributed by atoms with E-state index in [2.05, 4.69) is 16.9 Å². The van der Waals surface area contributed by atoms with Gasteiger partial charge in [-0.2, -0.15) is 0 Å². The number of nitrogens with zero attached hydrogens (tertiary/aromatic N) is 1. The van der Waals surface area contributed by atoms with Crippen LogP contribution < -0.4 is 4.72 Å². The standard InChI is InChI=1S/C19H22N2O3S/c1-25(23,24)20-18-9-5-8-17(14-18)19(22)21-12-10-16(11-13-21)15-6-3-2-4-7-15/h2-9,14,16,20H,10-13H2,1H3. The highest BCUT2D eigenvalue weighted by atomic mass is 32.2. The Bertz CT molecular complexity index is 842. The molecule has 0 bridgehead atoms. The molecule has 0 aliphatic carbocycles. The van der Waals surface area contributed by atoms with Crippen LogP contribution in [-0.4, -0.2) is 38.6 Å². The molecule has 0 spiro atoms. The zero-order valence-electron chi connectivity index (χ0n) is 14.2. The van der Waals surface area contributed by atoms with Gasteiger partial charge in [0.15, 0.2) is 0 Å². The Balaban J connectivity index is 1.66. The SMILES string of the molecule is CS(=O)(=O)Nc1cccc(C(=O)N2CCC(c3ccccc3)CC2)c1. The number of likely N-dealkylation sites (tertiary alicyclic amines) is 1. The summed E-state index contributed by atoms with van der Waals surface area (Å²) in [5.41, 5.74) is 2.24. The predicted octanol–water partition coefficient (Wildman–Crippen LogP) is 3.08. The third-order valence-electron chi connectivity index (χ3n) is 4.47. The minimum absolute atomic E-state index is 0.0522. The van der Waals surface area contributed by atoms with Crippen LogP contribution in [0.25, 0.3) is 0 Å². The van der Waals surface area contributed by atoms with E-state index in [1.807, 2.05) is 23.1 Å². The zero-order chi connectivity index (χ0) is 17.9. The van der Waals surface area contributed by atoms with E-state index >= 15 is 0 Å². The molecule has 1 aliphatic rings. The Morgan fingerprint density at radius 3 is 2.36 bits per heavy atom. The van der Waals surface area contributed by atoms with Crippen LogP contribution in [0.3, 0.4) is 0 Å². The number of benzene rings is 2. The minimum atomic E-state index is -3.36. The highest BCUT2D eigenvalue weighted by Crippen LogP contribution is 2.28.